The molecule has 116 valence electrons. The first-order chi connectivity index (χ1) is 10.0. The Morgan fingerprint density at radius 1 is 1.24 bits per heavy atom. The van der Waals surface area contributed by atoms with Crippen molar-refractivity contribution >= 4 is 17.5 Å². The maximum absolute atomic E-state index is 12.1. The molecule has 1 aromatic carbocycles. The molecule has 2 amide bonds. The first-order valence-electron chi connectivity index (χ1n) is 6.94. The van der Waals surface area contributed by atoms with E-state index in [4.69, 9.17) is 4.74 Å². The van der Waals surface area contributed by atoms with Crippen LogP contribution in [0.15, 0.2) is 24.3 Å². The summed E-state index contributed by atoms with van der Waals surface area (Å²) in [5, 5.41) is 8.50. The summed E-state index contributed by atoms with van der Waals surface area (Å²) in [6.07, 6.45) is 0. The molecule has 0 spiro atoms. The van der Waals surface area contributed by atoms with Gasteiger partial charge in [0.1, 0.15) is 0 Å². The van der Waals surface area contributed by atoms with Crippen molar-refractivity contribution in [1.82, 2.24) is 10.6 Å². The van der Waals surface area contributed by atoms with Gasteiger partial charge in [-0.05, 0) is 26.0 Å². The highest BCUT2D eigenvalue weighted by atomic mass is 16.5. The van der Waals surface area contributed by atoms with Crippen LogP contribution < -0.4 is 16.0 Å². The Morgan fingerprint density at radius 2 is 1.95 bits per heavy atom. The van der Waals surface area contributed by atoms with Gasteiger partial charge in [0.05, 0.1) is 24.4 Å². The molecule has 0 aliphatic heterocycles. The van der Waals surface area contributed by atoms with Crippen LogP contribution in [0.4, 0.5) is 5.69 Å². The standard InChI is InChI=1S/C15H23N3O3/c1-11(2)17-15(20)12-6-4-5-7-13(12)18-14(19)10-16-8-9-21-3/h4-7,11,16H,8-10H2,1-3H3,(H,17,20)(H,18,19). The Bertz CT molecular complexity index is 475. The lowest BCUT2D eigenvalue weighted by Crippen LogP contribution is -2.33. The van der Waals surface area contributed by atoms with Crippen LogP contribution in [0, 0.1) is 0 Å². The van der Waals surface area contributed by atoms with Crippen molar-refractivity contribution in [2.45, 2.75) is 19.9 Å². The molecule has 0 saturated heterocycles. The lowest BCUT2D eigenvalue weighted by atomic mass is 10.1. The van der Waals surface area contributed by atoms with Gasteiger partial charge < -0.3 is 20.7 Å². The molecule has 0 aromatic heterocycles. The summed E-state index contributed by atoms with van der Waals surface area (Å²) in [5.74, 6) is -0.399. The Morgan fingerprint density at radius 3 is 2.62 bits per heavy atom. The summed E-state index contributed by atoms with van der Waals surface area (Å²) < 4.78 is 4.88. The van der Waals surface area contributed by atoms with Gasteiger partial charge in [-0.2, -0.15) is 0 Å². The van der Waals surface area contributed by atoms with Gasteiger partial charge in [0, 0.05) is 19.7 Å². The third-order valence-electron chi connectivity index (χ3n) is 2.63. The summed E-state index contributed by atoms with van der Waals surface area (Å²) >= 11 is 0. The van der Waals surface area contributed by atoms with Gasteiger partial charge in [-0.3, -0.25) is 9.59 Å². The van der Waals surface area contributed by atoms with Gasteiger partial charge in [0.2, 0.25) is 5.91 Å². The molecule has 0 aliphatic carbocycles. The molecule has 21 heavy (non-hydrogen) atoms. The van der Waals surface area contributed by atoms with Crippen molar-refractivity contribution in [3.8, 4) is 0 Å². The van der Waals surface area contributed by atoms with Crippen molar-refractivity contribution in [1.29, 1.82) is 0 Å². The van der Waals surface area contributed by atoms with Crippen LogP contribution in [-0.4, -0.2) is 44.7 Å². The number of para-hydroxylation sites is 1. The van der Waals surface area contributed by atoms with E-state index in [-0.39, 0.29) is 24.4 Å². The van der Waals surface area contributed by atoms with Crippen molar-refractivity contribution < 1.29 is 14.3 Å². The van der Waals surface area contributed by atoms with Crippen LogP contribution >= 0.6 is 0 Å². The zero-order valence-electron chi connectivity index (χ0n) is 12.7. The summed E-state index contributed by atoms with van der Waals surface area (Å²) in [6.45, 7) is 5.08. The van der Waals surface area contributed by atoms with Crippen LogP contribution in [0.25, 0.3) is 0 Å². The minimum Gasteiger partial charge on any atom is -0.383 e. The van der Waals surface area contributed by atoms with E-state index in [0.717, 1.165) is 0 Å². The van der Waals surface area contributed by atoms with Crippen molar-refractivity contribution in [2.24, 2.45) is 0 Å². The SMILES string of the molecule is COCCNCC(=O)Nc1ccccc1C(=O)NC(C)C. The molecule has 0 bridgehead atoms. The average molecular weight is 293 g/mol. The molecule has 0 saturated carbocycles. The van der Waals surface area contributed by atoms with Crippen molar-refractivity contribution in [3.05, 3.63) is 29.8 Å². The van der Waals surface area contributed by atoms with Gasteiger partial charge in [-0.15, -0.1) is 0 Å². The number of amides is 2. The maximum atomic E-state index is 12.1. The number of rotatable bonds is 8. The second kappa shape index (κ2) is 9.10. The zero-order chi connectivity index (χ0) is 15.7. The third-order valence-corrected chi connectivity index (χ3v) is 2.63. The van der Waals surface area contributed by atoms with Crippen LogP contribution in [0.5, 0.6) is 0 Å². The molecular formula is C15H23N3O3. The van der Waals surface area contributed by atoms with E-state index in [0.29, 0.717) is 24.4 Å². The highest BCUT2D eigenvalue weighted by molar-refractivity contribution is 6.04. The molecule has 1 aromatic rings. The van der Waals surface area contributed by atoms with E-state index in [9.17, 15) is 9.59 Å². The van der Waals surface area contributed by atoms with E-state index in [1.165, 1.54) is 0 Å². The summed E-state index contributed by atoms with van der Waals surface area (Å²) in [5.41, 5.74) is 0.964. The fourth-order valence-electron chi connectivity index (χ4n) is 1.70. The van der Waals surface area contributed by atoms with Crippen LogP contribution in [0.2, 0.25) is 0 Å². The smallest absolute Gasteiger partial charge is 0.253 e. The van der Waals surface area contributed by atoms with Crippen LogP contribution in [0.3, 0.4) is 0 Å². The van der Waals surface area contributed by atoms with E-state index < -0.39 is 0 Å². The molecule has 1 rings (SSSR count). The van der Waals surface area contributed by atoms with E-state index in [2.05, 4.69) is 16.0 Å². The summed E-state index contributed by atoms with van der Waals surface area (Å²) in [7, 11) is 1.60. The lowest BCUT2D eigenvalue weighted by molar-refractivity contribution is -0.115. The van der Waals surface area contributed by atoms with Crippen molar-refractivity contribution in [2.75, 3.05) is 32.1 Å². The monoisotopic (exact) mass is 293 g/mol. The normalized spacial score (nSPS) is 10.5. The number of carbonyl (C=O) groups is 2. The number of benzene rings is 1. The number of anilines is 1. The number of hydrogen-bond donors (Lipinski definition) is 3. The average Bonchev–Trinajstić information content (AvgIpc) is 2.43. The number of hydrogen-bond acceptors (Lipinski definition) is 4. The van der Waals surface area contributed by atoms with Gasteiger partial charge in [-0.1, -0.05) is 12.1 Å². The molecule has 6 nitrogen and oxygen atoms in total. The van der Waals surface area contributed by atoms with Crippen LogP contribution in [-0.2, 0) is 9.53 Å². The summed E-state index contributed by atoms with van der Waals surface area (Å²) in [6, 6.07) is 6.98. The predicted molar refractivity (Wildman–Crippen MR) is 82.4 cm³/mol. The number of nitrogens with one attached hydrogen (secondary N) is 3. The Hall–Kier alpha value is -1.92. The quantitative estimate of drug-likeness (QED) is 0.625. The maximum Gasteiger partial charge on any atom is 0.253 e. The second-order valence-electron chi connectivity index (χ2n) is 4.89. The molecule has 0 radical (unpaired) electrons. The first kappa shape index (κ1) is 17.1. The van der Waals surface area contributed by atoms with E-state index in [1.807, 2.05) is 13.8 Å². The molecule has 0 atom stereocenters. The number of methoxy groups -OCH3 is 1. The second-order valence-corrected chi connectivity index (χ2v) is 4.89. The molecule has 3 N–H and O–H groups in total. The minimum atomic E-state index is -0.201. The number of ether oxygens (including phenoxy) is 1. The minimum absolute atomic E-state index is 0.0389. The van der Waals surface area contributed by atoms with Gasteiger partial charge >= 0.3 is 0 Å². The lowest BCUT2D eigenvalue weighted by Gasteiger charge is -2.13. The number of carbonyl (C=O) groups excluding carboxylic acids is 2. The Labute approximate surface area is 125 Å². The topological polar surface area (TPSA) is 79.5 Å². The first-order valence-corrected chi connectivity index (χ1v) is 6.94. The fraction of sp³-hybridized carbons (Fsp3) is 0.467. The third kappa shape index (κ3) is 6.37. The Balaban J connectivity index is 2.62. The Kier molecular flexibility index (Phi) is 7.42. The van der Waals surface area contributed by atoms with Gasteiger partial charge in [0.25, 0.3) is 5.91 Å². The molecule has 0 heterocycles. The fourth-order valence-corrected chi connectivity index (χ4v) is 1.70. The zero-order valence-corrected chi connectivity index (χ0v) is 12.7. The molecule has 0 fully saturated rings. The predicted octanol–water partition coefficient (Wildman–Crippen LogP) is 0.999. The van der Waals surface area contributed by atoms with E-state index >= 15 is 0 Å². The van der Waals surface area contributed by atoms with Gasteiger partial charge in [0.15, 0.2) is 0 Å². The van der Waals surface area contributed by atoms with Crippen molar-refractivity contribution in [3.63, 3.8) is 0 Å². The molecule has 0 aliphatic rings. The largest absolute Gasteiger partial charge is 0.383 e. The highest BCUT2D eigenvalue weighted by Crippen LogP contribution is 2.14. The van der Waals surface area contributed by atoms with Gasteiger partial charge in [-0.25, -0.2) is 0 Å². The molecular weight excluding hydrogens is 270 g/mol. The molecule has 0 unspecified atom stereocenters. The summed E-state index contributed by atoms with van der Waals surface area (Å²) in [4.78, 5) is 23.9. The van der Waals surface area contributed by atoms with E-state index in [1.54, 1.807) is 31.4 Å². The molecule has 6 heteroatoms. The van der Waals surface area contributed by atoms with Crippen LogP contribution in [0.1, 0.15) is 24.2 Å². The highest BCUT2D eigenvalue weighted by Gasteiger charge is 2.13.